The van der Waals surface area contributed by atoms with E-state index in [2.05, 4.69) is 9.56 Å². The molecule has 0 saturated carbocycles. The third kappa shape index (κ3) is 5.65. The monoisotopic (exact) mass is 613 g/mol. The molecule has 1 aliphatic heterocycles. The summed E-state index contributed by atoms with van der Waals surface area (Å²) in [6, 6.07) is 15.9. The molecule has 2 aromatic heterocycles. The summed E-state index contributed by atoms with van der Waals surface area (Å²) < 4.78 is 20.6. The Morgan fingerprint density at radius 3 is 2.30 bits per heavy atom. The first-order chi connectivity index (χ1) is 21.2. The van der Waals surface area contributed by atoms with Gasteiger partial charge in [0.15, 0.2) is 4.80 Å². The summed E-state index contributed by atoms with van der Waals surface area (Å²) in [5.74, 6) is -0.292. The molecule has 2 aromatic carbocycles. The molecule has 10 heteroatoms. The lowest BCUT2D eigenvalue weighted by Crippen LogP contribution is -2.40. The van der Waals surface area contributed by atoms with E-state index < -0.39 is 12.0 Å². The number of aromatic nitrogens is 2. The zero-order chi connectivity index (χ0) is 31.5. The number of hydrogen-bond acceptors (Lipinski definition) is 8. The average Bonchev–Trinajstić information content (AvgIpc) is 3.46. The Kier molecular flexibility index (Phi) is 9.01. The second-order valence-electron chi connectivity index (χ2n) is 10.2. The van der Waals surface area contributed by atoms with E-state index >= 15 is 0 Å². The second-order valence-corrected chi connectivity index (χ2v) is 11.2. The molecule has 0 spiro atoms. The molecule has 4 aromatic rings. The molecule has 0 bridgehead atoms. The van der Waals surface area contributed by atoms with E-state index in [4.69, 9.17) is 14.2 Å². The molecule has 5 rings (SSSR count). The first-order valence-electron chi connectivity index (χ1n) is 14.6. The van der Waals surface area contributed by atoms with Gasteiger partial charge >= 0.3 is 11.9 Å². The molecular formula is C34H35N3O6S. The van der Waals surface area contributed by atoms with Crippen molar-refractivity contribution in [2.45, 2.75) is 47.6 Å². The van der Waals surface area contributed by atoms with Crippen molar-refractivity contribution in [2.24, 2.45) is 4.99 Å². The Bertz CT molecular complexity index is 1950. The number of para-hydroxylation sites is 1. The van der Waals surface area contributed by atoms with E-state index in [1.807, 2.05) is 69.3 Å². The van der Waals surface area contributed by atoms with Gasteiger partial charge in [-0.15, -0.1) is 0 Å². The number of esters is 2. The summed E-state index contributed by atoms with van der Waals surface area (Å²) >= 11 is 1.28. The summed E-state index contributed by atoms with van der Waals surface area (Å²) in [5.41, 5.74) is 5.36. The SMILES string of the molecule is CCOC(=O)C1=C(C)N=c2sc(=Cc3cc(C)n(-c4ccc(C(=O)OCC)cc4)c3C)c(=O)n2C1c1ccccc1OCC. The van der Waals surface area contributed by atoms with Gasteiger partial charge in [0.2, 0.25) is 0 Å². The number of hydrogen-bond donors (Lipinski definition) is 0. The van der Waals surface area contributed by atoms with E-state index in [-0.39, 0.29) is 18.1 Å². The molecule has 1 unspecified atom stereocenters. The topological polar surface area (TPSA) is 101 Å². The highest BCUT2D eigenvalue weighted by Crippen LogP contribution is 2.36. The lowest BCUT2D eigenvalue weighted by molar-refractivity contribution is -0.139. The zero-order valence-electron chi connectivity index (χ0n) is 25.7. The fraction of sp³-hybridized carbons (Fsp3) is 0.294. The maximum Gasteiger partial charge on any atom is 0.338 e. The third-order valence-corrected chi connectivity index (χ3v) is 8.41. The number of ether oxygens (including phenoxy) is 3. The van der Waals surface area contributed by atoms with Crippen LogP contribution in [0.2, 0.25) is 0 Å². The van der Waals surface area contributed by atoms with Crippen LogP contribution in [0.25, 0.3) is 11.8 Å². The summed E-state index contributed by atoms with van der Waals surface area (Å²) in [6.45, 7) is 12.1. The van der Waals surface area contributed by atoms with Crippen LogP contribution in [0, 0.1) is 13.8 Å². The standard InChI is InChI=1S/C34H35N3O6S/c1-7-41-27-13-11-10-12-26(27)30-29(33(40)43-9-3)21(5)35-34-37(30)31(38)28(44-34)19-24-18-20(4)36(22(24)6)25-16-14-23(15-17-25)32(39)42-8-2/h10-19,30H,7-9H2,1-6H3. The van der Waals surface area contributed by atoms with Crippen LogP contribution in [0.5, 0.6) is 5.75 Å². The summed E-state index contributed by atoms with van der Waals surface area (Å²) in [5, 5.41) is 0. The normalized spacial score (nSPS) is 14.7. The van der Waals surface area contributed by atoms with Gasteiger partial charge in [0.25, 0.3) is 5.56 Å². The van der Waals surface area contributed by atoms with Crippen LogP contribution < -0.4 is 19.6 Å². The number of carbonyl (C=O) groups is 2. The molecule has 228 valence electrons. The molecule has 44 heavy (non-hydrogen) atoms. The Labute approximate surface area is 259 Å². The molecule has 0 saturated heterocycles. The number of benzene rings is 2. The van der Waals surface area contributed by atoms with Gasteiger partial charge in [0, 0.05) is 22.6 Å². The summed E-state index contributed by atoms with van der Waals surface area (Å²) in [4.78, 5) is 44.7. The predicted octanol–water partition coefficient (Wildman–Crippen LogP) is 4.78. The molecule has 0 N–H and O–H groups in total. The maximum atomic E-state index is 14.1. The van der Waals surface area contributed by atoms with Crippen molar-refractivity contribution in [1.29, 1.82) is 0 Å². The average molecular weight is 614 g/mol. The van der Waals surface area contributed by atoms with Crippen molar-refractivity contribution in [3.8, 4) is 11.4 Å². The predicted molar refractivity (Wildman–Crippen MR) is 169 cm³/mol. The molecule has 9 nitrogen and oxygen atoms in total. The Morgan fingerprint density at radius 1 is 0.932 bits per heavy atom. The second kappa shape index (κ2) is 12.9. The summed E-state index contributed by atoms with van der Waals surface area (Å²) in [6.07, 6.45) is 1.87. The number of carbonyl (C=O) groups excluding carboxylic acids is 2. The fourth-order valence-corrected chi connectivity index (χ4v) is 6.55. The van der Waals surface area contributed by atoms with Crippen LogP contribution >= 0.6 is 11.3 Å². The molecule has 0 aliphatic carbocycles. The zero-order valence-corrected chi connectivity index (χ0v) is 26.5. The quantitative estimate of drug-likeness (QED) is 0.252. The van der Waals surface area contributed by atoms with Gasteiger partial charge in [-0.25, -0.2) is 14.6 Å². The van der Waals surface area contributed by atoms with Crippen molar-refractivity contribution in [3.05, 3.63) is 114 Å². The van der Waals surface area contributed by atoms with Crippen LogP contribution in [0.3, 0.4) is 0 Å². The highest BCUT2D eigenvalue weighted by Gasteiger charge is 2.35. The number of allylic oxidation sites excluding steroid dienone is 1. The van der Waals surface area contributed by atoms with Gasteiger partial charge in [0.05, 0.1) is 41.2 Å². The lowest BCUT2D eigenvalue weighted by Gasteiger charge is -2.26. The lowest BCUT2D eigenvalue weighted by atomic mass is 9.95. The number of fused-ring (bicyclic) bond motifs is 1. The van der Waals surface area contributed by atoms with Gasteiger partial charge in [-0.3, -0.25) is 9.36 Å². The minimum Gasteiger partial charge on any atom is -0.494 e. The smallest absolute Gasteiger partial charge is 0.338 e. The minimum atomic E-state index is -0.763. The van der Waals surface area contributed by atoms with E-state index in [1.54, 1.807) is 37.5 Å². The van der Waals surface area contributed by atoms with Gasteiger partial charge in [-0.2, -0.15) is 0 Å². The number of nitrogens with zero attached hydrogens (tertiary/aromatic N) is 3. The number of thiazole rings is 1. The Hall–Kier alpha value is -4.70. The van der Waals surface area contributed by atoms with Crippen molar-refractivity contribution in [3.63, 3.8) is 0 Å². The molecule has 0 fully saturated rings. The van der Waals surface area contributed by atoms with Crippen LogP contribution in [0.15, 0.2) is 75.7 Å². The van der Waals surface area contributed by atoms with Gasteiger partial charge in [-0.05, 0) is 89.6 Å². The highest BCUT2D eigenvalue weighted by molar-refractivity contribution is 7.07. The van der Waals surface area contributed by atoms with Gasteiger partial charge < -0.3 is 18.8 Å². The molecule has 0 amide bonds. The van der Waals surface area contributed by atoms with Crippen LogP contribution in [0.4, 0.5) is 0 Å². The number of rotatable bonds is 9. The van der Waals surface area contributed by atoms with Crippen LogP contribution in [-0.4, -0.2) is 40.9 Å². The third-order valence-electron chi connectivity index (χ3n) is 7.42. The maximum absolute atomic E-state index is 14.1. The van der Waals surface area contributed by atoms with E-state index in [1.165, 1.54) is 11.3 Å². The van der Waals surface area contributed by atoms with E-state index in [0.29, 0.717) is 50.7 Å². The van der Waals surface area contributed by atoms with Crippen molar-refractivity contribution in [2.75, 3.05) is 19.8 Å². The first-order valence-corrected chi connectivity index (χ1v) is 15.4. The molecular weight excluding hydrogens is 578 g/mol. The molecule has 1 aliphatic rings. The van der Waals surface area contributed by atoms with Crippen molar-refractivity contribution >= 4 is 29.4 Å². The first kappa shape index (κ1) is 30.7. The van der Waals surface area contributed by atoms with Gasteiger partial charge in [-0.1, -0.05) is 29.5 Å². The summed E-state index contributed by atoms with van der Waals surface area (Å²) in [7, 11) is 0. The molecule has 3 heterocycles. The fourth-order valence-electron chi connectivity index (χ4n) is 5.51. The molecule has 0 radical (unpaired) electrons. The van der Waals surface area contributed by atoms with Crippen molar-refractivity contribution < 1.29 is 23.8 Å². The van der Waals surface area contributed by atoms with E-state index in [9.17, 15) is 14.4 Å². The largest absolute Gasteiger partial charge is 0.494 e. The van der Waals surface area contributed by atoms with Crippen LogP contribution in [-0.2, 0) is 14.3 Å². The highest BCUT2D eigenvalue weighted by atomic mass is 32.1. The van der Waals surface area contributed by atoms with E-state index in [0.717, 1.165) is 22.6 Å². The Balaban J connectivity index is 1.64. The van der Waals surface area contributed by atoms with Crippen molar-refractivity contribution in [1.82, 2.24) is 9.13 Å². The number of aryl methyl sites for hydroxylation is 1. The minimum absolute atomic E-state index is 0.195. The van der Waals surface area contributed by atoms with Gasteiger partial charge in [0.1, 0.15) is 11.8 Å². The van der Waals surface area contributed by atoms with Crippen LogP contribution in [0.1, 0.15) is 66.6 Å². The Morgan fingerprint density at radius 2 is 1.61 bits per heavy atom. The molecule has 1 atom stereocenters.